The Morgan fingerprint density at radius 2 is 2.27 bits per heavy atom. The maximum Gasteiger partial charge on any atom is 0.0556 e. The van der Waals surface area contributed by atoms with Gasteiger partial charge >= 0.3 is 0 Å². The molecule has 2 saturated carbocycles. The van der Waals surface area contributed by atoms with Gasteiger partial charge in [0.05, 0.1) is 6.61 Å². The Hall–Kier alpha value is -0.0800. The van der Waals surface area contributed by atoms with Crippen molar-refractivity contribution in [1.29, 1.82) is 0 Å². The predicted octanol–water partition coefficient (Wildman–Crippen LogP) is 0.757. The Kier molecular flexibility index (Phi) is 2.14. The van der Waals surface area contributed by atoms with Crippen LogP contribution in [-0.4, -0.2) is 24.3 Å². The molecule has 0 aromatic rings. The first-order valence-corrected chi connectivity index (χ1v) is 4.76. The zero-order valence-corrected chi connectivity index (χ0v) is 6.92. The van der Waals surface area contributed by atoms with Crippen molar-refractivity contribution in [2.24, 2.45) is 11.8 Å². The number of hydrogen-bond acceptors (Lipinski definition) is 2. The Morgan fingerprint density at radius 1 is 1.36 bits per heavy atom. The van der Waals surface area contributed by atoms with Crippen molar-refractivity contribution in [1.82, 2.24) is 5.32 Å². The van der Waals surface area contributed by atoms with Crippen molar-refractivity contribution in [3.05, 3.63) is 0 Å². The molecule has 1 unspecified atom stereocenters. The van der Waals surface area contributed by atoms with Gasteiger partial charge in [-0.15, -0.1) is 0 Å². The standard InChI is InChI=1S/C9H17NO/c11-5-4-10-9-6-7-2-1-3-8(7)9/h7-11H,1-6H2/t7-,8-,9?/m0/s1. The molecule has 0 radical (unpaired) electrons. The van der Waals surface area contributed by atoms with Crippen LogP contribution in [0.2, 0.25) is 0 Å². The monoisotopic (exact) mass is 155 g/mol. The van der Waals surface area contributed by atoms with Crippen LogP contribution in [0.3, 0.4) is 0 Å². The fraction of sp³-hybridized carbons (Fsp3) is 1.00. The van der Waals surface area contributed by atoms with Crippen molar-refractivity contribution < 1.29 is 5.11 Å². The summed E-state index contributed by atoms with van der Waals surface area (Å²) in [5, 5.41) is 12.0. The van der Waals surface area contributed by atoms with Crippen molar-refractivity contribution in [2.75, 3.05) is 13.2 Å². The van der Waals surface area contributed by atoms with E-state index in [1.54, 1.807) is 0 Å². The average Bonchev–Trinajstić information content (AvgIpc) is 2.33. The highest BCUT2D eigenvalue weighted by atomic mass is 16.3. The van der Waals surface area contributed by atoms with Gasteiger partial charge in [0.1, 0.15) is 0 Å². The molecule has 11 heavy (non-hydrogen) atoms. The molecule has 0 spiro atoms. The average molecular weight is 155 g/mol. The van der Waals surface area contributed by atoms with E-state index in [-0.39, 0.29) is 6.61 Å². The number of nitrogens with one attached hydrogen (secondary N) is 1. The Balaban J connectivity index is 1.73. The smallest absolute Gasteiger partial charge is 0.0556 e. The highest BCUT2D eigenvalue weighted by molar-refractivity contribution is 4.97. The molecule has 0 heterocycles. The van der Waals surface area contributed by atoms with E-state index in [0.29, 0.717) is 0 Å². The molecule has 2 nitrogen and oxygen atoms in total. The zero-order valence-electron chi connectivity index (χ0n) is 6.92. The van der Waals surface area contributed by atoms with E-state index in [1.807, 2.05) is 0 Å². The zero-order chi connectivity index (χ0) is 7.68. The van der Waals surface area contributed by atoms with E-state index >= 15 is 0 Å². The van der Waals surface area contributed by atoms with Gasteiger partial charge in [0.15, 0.2) is 0 Å². The molecule has 0 saturated heterocycles. The summed E-state index contributed by atoms with van der Waals surface area (Å²) in [7, 11) is 0. The number of hydrogen-bond donors (Lipinski definition) is 2. The summed E-state index contributed by atoms with van der Waals surface area (Å²) < 4.78 is 0. The minimum absolute atomic E-state index is 0.286. The lowest BCUT2D eigenvalue weighted by molar-refractivity contribution is 0.130. The molecule has 0 aromatic carbocycles. The largest absolute Gasteiger partial charge is 0.395 e. The van der Waals surface area contributed by atoms with Crippen LogP contribution in [0.25, 0.3) is 0 Å². The molecule has 2 aliphatic carbocycles. The third-order valence-corrected chi connectivity index (χ3v) is 3.31. The van der Waals surface area contributed by atoms with Crippen molar-refractivity contribution in [2.45, 2.75) is 31.7 Å². The van der Waals surface area contributed by atoms with Crippen molar-refractivity contribution in [3.63, 3.8) is 0 Å². The van der Waals surface area contributed by atoms with Crippen LogP contribution in [-0.2, 0) is 0 Å². The topological polar surface area (TPSA) is 32.3 Å². The third-order valence-electron chi connectivity index (χ3n) is 3.31. The molecule has 0 bridgehead atoms. The number of rotatable bonds is 3. The summed E-state index contributed by atoms with van der Waals surface area (Å²) >= 11 is 0. The number of fused-ring (bicyclic) bond motifs is 1. The highest BCUT2D eigenvalue weighted by Crippen LogP contribution is 2.46. The van der Waals surface area contributed by atoms with E-state index in [9.17, 15) is 0 Å². The fourth-order valence-corrected chi connectivity index (χ4v) is 2.68. The van der Waals surface area contributed by atoms with E-state index in [2.05, 4.69) is 5.32 Å². The Labute approximate surface area is 68.0 Å². The van der Waals surface area contributed by atoms with Crippen LogP contribution >= 0.6 is 0 Å². The second kappa shape index (κ2) is 3.11. The summed E-state index contributed by atoms with van der Waals surface area (Å²) in [6.07, 6.45) is 5.69. The first-order valence-electron chi connectivity index (χ1n) is 4.76. The van der Waals surface area contributed by atoms with Gasteiger partial charge in [-0.25, -0.2) is 0 Å². The normalized spacial score (nSPS) is 41.7. The van der Waals surface area contributed by atoms with E-state index in [4.69, 9.17) is 5.11 Å². The maximum absolute atomic E-state index is 8.61. The predicted molar refractivity (Wildman–Crippen MR) is 44.3 cm³/mol. The highest BCUT2D eigenvalue weighted by Gasteiger charge is 2.42. The molecule has 2 N–H and O–H groups in total. The quantitative estimate of drug-likeness (QED) is 0.630. The molecule has 2 rings (SSSR count). The first kappa shape index (κ1) is 7.56. The summed E-state index contributed by atoms with van der Waals surface area (Å²) in [6, 6.07) is 0.745. The lowest BCUT2D eigenvalue weighted by atomic mass is 9.71. The summed E-state index contributed by atoms with van der Waals surface area (Å²) in [5.41, 5.74) is 0. The molecule has 3 atom stereocenters. The van der Waals surface area contributed by atoms with Crippen LogP contribution in [0.1, 0.15) is 25.7 Å². The van der Waals surface area contributed by atoms with Gasteiger partial charge in [-0.1, -0.05) is 12.8 Å². The van der Waals surface area contributed by atoms with Crippen LogP contribution < -0.4 is 5.32 Å². The minimum atomic E-state index is 0.286. The molecule has 64 valence electrons. The van der Waals surface area contributed by atoms with Gasteiger partial charge in [-0.05, 0) is 24.7 Å². The van der Waals surface area contributed by atoms with E-state index < -0.39 is 0 Å². The first-order chi connectivity index (χ1) is 5.42. The summed E-state index contributed by atoms with van der Waals surface area (Å²) in [5.74, 6) is 1.99. The van der Waals surface area contributed by atoms with Gasteiger partial charge in [0, 0.05) is 12.6 Å². The van der Waals surface area contributed by atoms with Crippen LogP contribution in [0.15, 0.2) is 0 Å². The van der Waals surface area contributed by atoms with Crippen molar-refractivity contribution in [3.8, 4) is 0 Å². The molecule has 0 aromatic heterocycles. The molecule has 2 aliphatic rings. The van der Waals surface area contributed by atoms with Crippen molar-refractivity contribution >= 4 is 0 Å². The lowest BCUT2D eigenvalue weighted by Gasteiger charge is -2.41. The molecule has 2 fully saturated rings. The molecule has 0 amide bonds. The Bertz CT molecular complexity index is 138. The number of aliphatic hydroxyl groups is 1. The minimum Gasteiger partial charge on any atom is -0.395 e. The third kappa shape index (κ3) is 1.30. The summed E-state index contributed by atoms with van der Waals surface area (Å²) in [6.45, 7) is 1.07. The number of aliphatic hydroxyl groups excluding tert-OH is 1. The SMILES string of the molecule is OCCNC1C[C@@H]2CCC[C@H]12. The van der Waals surface area contributed by atoms with Crippen LogP contribution in [0.5, 0.6) is 0 Å². The second-order valence-electron chi connectivity index (χ2n) is 3.87. The molecule has 2 heteroatoms. The van der Waals surface area contributed by atoms with Gasteiger partial charge < -0.3 is 10.4 Å². The van der Waals surface area contributed by atoms with Gasteiger partial charge in [-0.2, -0.15) is 0 Å². The maximum atomic E-state index is 8.61. The van der Waals surface area contributed by atoms with Crippen LogP contribution in [0, 0.1) is 11.8 Å². The fourth-order valence-electron chi connectivity index (χ4n) is 2.68. The van der Waals surface area contributed by atoms with Crippen LogP contribution in [0.4, 0.5) is 0 Å². The molecule has 0 aliphatic heterocycles. The van der Waals surface area contributed by atoms with Gasteiger partial charge in [0.25, 0.3) is 0 Å². The molecular formula is C9H17NO. The van der Waals surface area contributed by atoms with Gasteiger partial charge in [0.2, 0.25) is 0 Å². The Morgan fingerprint density at radius 3 is 3.00 bits per heavy atom. The van der Waals surface area contributed by atoms with E-state index in [0.717, 1.165) is 24.4 Å². The van der Waals surface area contributed by atoms with E-state index in [1.165, 1.54) is 25.7 Å². The molecular weight excluding hydrogens is 138 g/mol. The van der Waals surface area contributed by atoms with Gasteiger partial charge in [-0.3, -0.25) is 0 Å². The summed E-state index contributed by atoms with van der Waals surface area (Å²) in [4.78, 5) is 0. The lowest BCUT2D eigenvalue weighted by Crippen LogP contribution is -2.48. The second-order valence-corrected chi connectivity index (χ2v) is 3.87.